The molecule has 1 N–H and O–H groups in total. The molecule has 0 aliphatic rings. The standard InChI is InChI=1S/C9H6Cl3F3OS/c10-8(11,12)7(16)5-1-3-6(4-2-5)17-9(13,14)15/h1-4,7,16H. The minimum Gasteiger partial charge on any atom is -0.384 e. The van der Waals surface area contributed by atoms with E-state index in [0.717, 1.165) is 0 Å². The van der Waals surface area contributed by atoms with Crippen LogP contribution in [-0.4, -0.2) is 14.4 Å². The molecule has 0 aliphatic carbocycles. The van der Waals surface area contributed by atoms with Gasteiger partial charge in [0, 0.05) is 4.90 Å². The Morgan fingerprint density at radius 2 is 1.53 bits per heavy atom. The number of alkyl halides is 6. The van der Waals surface area contributed by atoms with Crippen LogP contribution in [0.15, 0.2) is 29.2 Å². The molecule has 0 aliphatic heterocycles. The van der Waals surface area contributed by atoms with E-state index in [-0.39, 0.29) is 22.2 Å². The summed E-state index contributed by atoms with van der Waals surface area (Å²) in [7, 11) is 0. The molecule has 0 saturated carbocycles. The Morgan fingerprint density at radius 1 is 1.06 bits per heavy atom. The van der Waals surface area contributed by atoms with E-state index in [1.165, 1.54) is 24.3 Å². The Hall–Kier alpha value is 0.190. The summed E-state index contributed by atoms with van der Waals surface area (Å²) in [6.45, 7) is 0. The van der Waals surface area contributed by atoms with Gasteiger partial charge in [-0.2, -0.15) is 13.2 Å². The van der Waals surface area contributed by atoms with Gasteiger partial charge in [0.15, 0.2) is 0 Å². The van der Waals surface area contributed by atoms with Gasteiger partial charge in [-0.25, -0.2) is 0 Å². The summed E-state index contributed by atoms with van der Waals surface area (Å²) in [5, 5.41) is 9.56. The number of aliphatic hydroxyl groups is 1. The van der Waals surface area contributed by atoms with Gasteiger partial charge in [-0.15, -0.1) is 0 Å². The molecule has 1 unspecified atom stereocenters. The summed E-state index contributed by atoms with van der Waals surface area (Å²) in [5.74, 6) is 0. The van der Waals surface area contributed by atoms with Gasteiger partial charge in [0.05, 0.1) is 0 Å². The third-order valence-corrected chi connectivity index (χ3v) is 3.10. The van der Waals surface area contributed by atoms with Crippen LogP contribution in [0.5, 0.6) is 0 Å². The maximum Gasteiger partial charge on any atom is 0.446 e. The summed E-state index contributed by atoms with van der Waals surface area (Å²) < 4.78 is 34.2. The maximum absolute atomic E-state index is 12.0. The highest BCUT2D eigenvalue weighted by atomic mass is 35.6. The first-order valence-electron chi connectivity index (χ1n) is 4.20. The van der Waals surface area contributed by atoms with Crippen molar-refractivity contribution in [3.8, 4) is 0 Å². The Kier molecular flexibility index (Phi) is 4.88. The molecule has 17 heavy (non-hydrogen) atoms. The van der Waals surface area contributed by atoms with Crippen molar-refractivity contribution in [2.75, 3.05) is 0 Å². The molecule has 1 atom stereocenters. The van der Waals surface area contributed by atoms with Gasteiger partial charge in [0.2, 0.25) is 3.79 Å². The predicted molar refractivity (Wildman–Crippen MR) is 63.6 cm³/mol. The van der Waals surface area contributed by atoms with Crippen molar-refractivity contribution in [3.05, 3.63) is 29.8 Å². The topological polar surface area (TPSA) is 20.2 Å². The number of aliphatic hydroxyl groups excluding tert-OH is 1. The van der Waals surface area contributed by atoms with Crippen molar-refractivity contribution >= 4 is 46.6 Å². The lowest BCUT2D eigenvalue weighted by Gasteiger charge is -2.19. The zero-order valence-electron chi connectivity index (χ0n) is 8.01. The fourth-order valence-corrected chi connectivity index (χ4v) is 1.96. The Morgan fingerprint density at radius 3 is 1.88 bits per heavy atom. The number of hydrogen-bond acceptors (Lipinski definition) is 2. The van der Waals surface area contributed by atoms with Crippen LogP contribution in [0.1, 0.15) is 11.7 Å². The van der Waals surface area contributed by atoms with Crippen LogP contribution in [0.4, 0.5) is 13.2 Å². The lowest BCUT2D eigenvalue weighted by Crippen LogP contribution is -2.16. The Balaban J connectivity index is 2.82. The molecule has 0 heterocycles. The molecule has 1 rings (SSSR count). The fourth-order valence-electron chi connectivity index (χ4n) is 1.04. The SMILES string of the molecule is OC(c1ccc(SC(F)(F)F)cc1)C(Cl)(Cl)Cl. The van der Waals surface area contributed by atoms with Crippen LogP contribution < -0.4 is 0 Å². The zero-order chi connectivity index (χ0) is 13.3. The average Bonchev–Trinajstić information content (AvgIpc) is 2.14. The monoisotopic (exact) mass is 324 g/mol. The Labute approximate surface area is 115 Å². The van der Waals surface area contributed by atoms with E-state index in [4.69, 9.17) is 34.8 Å². The quantitative estimate of drug-likeness (QED) is 0.628. The molecule has 1 nitrogen and oxygen atoms in total. The first-order chi connectivity index (χ1) is 7.59. The minimum absolute atomic E-state index is 0.00207. The van der Waals surface area contributed by atoms with Crippen molar-refractivity contribution in [2.24, 2.45) is 0 Å². The second-order valence-electron chi connectivity index (χ2n) is 3.06. The van der Waals surface area contributed by atoms with E-state index < -0.39 is 15.4 Å². The molecule has 0 amide bonds. The van der Waals surface area contributed by atoms with Gasteiger partial charge in [-0.3, -0.25) is 0 Å². The van der Waals surface area contributed by atoms with E-state index in [2.05, 4.69) is 0 Å². The molecular formula is C9H6Cl3F3OS. The Bertz CT molecular complexity index is 375. The zero-order valence-corrected chi connectivity index (χ0v) is 11.1. The van der Waals surface area contributed by atoms with Crippen LogP contribution in [0.25, 0.3) is 0 Å². The van der Waals surface area contributed by atoms with Gasteiger partial charge in [0.1, 0.15) is 6.10 Å². The number of halogens is 6. The number of benzene rings is 1. The van der Waals surface area contributed by atoms with Crippen molar-refractivity contribution < 1.29 is 18.3 Å². The third-order valence-electron chi connectivity index (χ3n) is 1.74. The van der Waals surface area contributed by atoms with E-state index in [0.29, 0.717) is 0 Å². The summed E-state index contributed by atoms with van der Waals surface area (Å²) >= 11 is 16.1. The molecule has 0 spiro atoms. The predicted octanol–water partition coefficient (Wildman–Crippen LogP) is 4.70. The highest BCUT2D eigenvalue weighted by molar-refractivity contribution is 8.00. The van der Waals surface area contributed by atoms with Crippen LogP contribution in [0.2, 0.25) is 0 Å². The first kappa shape index (κ1) is 15.2. The van der Waals surface area contributed by atoms with Crippen LogP contribution in [-0.2, 0) is 0 Å². The third kappa shape index (κ3) is 5.14. The van der Waals surface area contributed by atoms with Gasteiger partial charge in [-0.1, -0.05) is 46.9 Å². The van der Waals surface area contributed by atoms with Crippen LogP contribution in [0, 0.1) is 0 Å². The lowest BCUT2D eigenvalue weighted by molar-refractivity contribution is -0.0328. The van der Waals surface area contributed by atoms with E-state index >= 15 is 0 Å². The minimum atomic E-state index is -4.35. The van der Waals surface area contributed by atoms with Crippen molar-refractivity contribution in [1.82, 2.24) is 0 Å². The van der Waals surface area contributed by atoms with E-state index in [1.54, 1.807) is 0 Å². The molecule has 0 aromatic heterocycles. The van der Waals surface area contributed by atoms with Gasteiger partial charge in [-0.05, 0) is 29.5 Å². The smallest absolute Gasteiger partial charge is 0.384 e. The number of rotatable bonds is 2. The molecule has 0 radical (unpaired) electrons. The molecule has 8 heteroatoms. The van der Waals surface area contributed by atoms with Crippen molar-refractivity contribution in [1.29, 1.82) is 0 Å². The lowest BCUT2D eigenvalue weighted by atomic mass is 10.1. The molecule has 96 valence electrons. The normalized spacial score (nSPS) is 14.8. The number of hydrogen-bond donors (Lipinski definition) is 1. The van der Waals surface area contributed by atoms with Gasteiger partial charge >= 0.3 is 5.51 Å². The molecule has 0 fully saturated rings. The fraction of sp³-hybridized carbons (Fsp3) is 0.333. The molecular weight excluding hydrogens is 320 g/mol. The summed E-state index contributed by atoms with van der Waals surface area (Å²) in [6.07, 6.45) is -1.39. The number of thioether (sulfide) groups is 1. The summed E-state index contributed by atoms with van der Waals surface area (Å²) in [5.41, 5.74) is -4.12. The highest BCUT2D eigenvalue weighted by Gasteiger charge is 2.33. The van der Waals surface area contributed by atoms with Crippen molar-refractivity contribution in [3.63, 3.8) is 0 Å². The maximum atomic E-state index is 12.0. The molecule has 0 bridgehead atoms. The van der Waals surface area contributed by atoms with Crippen LogP contribution >= 0.6 is 46.6 Å². The van der Waals surface area contributed by atoms with Crippen molar-refractivity contribution in [2.45, 2.75) is 20.3 Å². The van der Waals surface area contributed by atoms with Gasteiger partial charge < -0.3 is 5.11 Å². The highest BCUT2D eigenvalue weighted by Crippen LogP contribution is 2.41. The first-order valence-corrected chi connectivity index (χ1v) is 6.15. The second-order valence-corrected chi connectivity index (χ2v) is 6.57. The summed E-state index contributed by atoms with van der Waals surface area (Å²) in [6, 6.07) is 4.96. The molecule has 1 aromatic rings. The second kappa shape index (κ2) is 5.45. The summed E-state index contributed by atoms with van der Waals surface area (Å²) in [4.78, 5) is -0.00207. The molecule has 0 saturated heterocycles. The molecule has 1 aromatic carbocycles. The largest absolute Gasteiger partial charge is 0.446 e. The van der Waals surface area contributed by atoms with Crippen LogP contribution in [0.3, 0.4) is 0 Å². The van der Waals surface area contributed by atoms with E-state index in [9.17, 15) is 18.3 Å². The van der Waals surface area contributed by atoms with Gasteiger partial charge in [0.25, 0.3) is 0 Å². The average molecular weight is 326 g/mol. The van der Waals surface area contributed by atoms with E-state index in [1.807, 2.05) is 0 Å².